The van der Waals surface area contributed by atoms with Gasteiger partial charge in [-0.2, -0.15) is 0 Å². The molecule has 14 heteroatoms. The van der Waals surface area contributed by atoms with Gasteiger partial charge in [-0.25, -0.2) is 13.4 Å². The van der Waals surface area contributed by atoms with Crippen molar-refractivity contribution in [1.29, 1.82) is 0 Å². The highest BCUT2D eigenvalue weighted by atomic mass is 32.2. The lowest BCUT2D eigenvalue weighted by Crippen LogP contribution is -2.48. The highest BCUT2D eigenvalue weighted by molar-refractivity contribution is 7.90. The molecular formula is C38H44N4O9S. The normalized spacial score (nSPS) is 27.1. The number of ketones is 1. The zero-order chi connectivity index (χ0) is 37.2. The number of carbonyl (C=O) groups is 5. The van der Waals surface area contributed by atoms with Crippen LogP contribution in [0.5, 0.6) is 5.88 Å². The molecule has 52 heavy (non-hydrogen) atoms. The van der Waals surface area contributed by atoms with Crippen LogP contribution in [0.3, 0.4) is 0 Å². The number of cyclic esters (lactones) is 1. The fourth-order valence-corrected chi connectivity index (χ4v) is 8.55. The van der Waals surface area contributed by atoms with Gasteiger partial charge in [0.2, 0.25) is 33.6 Å². The molecule has 5 atom stereocenters. The number of nitrogens with zero attached hydrogens (tertiary/aromatic N) is 3. The molecule has 0 radical (unpaired) electrons. The van der Waals surface area contributed by atoms with Gasteiger partial charge in [0.05, 0.1) is 42.2 Å². The third kappa shape index (κ3) is 7.96. The van der Waals surface area contributed by atoms with Crippen molar-refractivity contribution >= 4 is 56.3 Å². The van der Waals surface area contributed by atoms with E-state index < -0.39 is 74.1 Å². The third-order valence-corrected chi connectivity index (χ3v) is 12.2. The molecule has 3 heterocycles. The lowest BCUT2D eigenvalue weighted by Gasteiger charge is -2.30. The van der Waals surface area contributed by atoms with Crippen LogP contribution >= 0.6 is 0 Å². The van der Waals surface area contributed by atoms with Gasteiger partial charge in [-0.05, 0) is 67.2 Å². The molecule has 2 aliphatic heterocycles. The van der Waals surface area contributed by atoms with Crippen LogP contribution in [0.25, 0.3) is 16.8 Å². The molecule has 1 N–H and O–H groups in total. The number of fused-ring (bicyclic) bond motifs is 3. The minimum Gasteiger partial charge on any atom is -0.472 e. The summed E-state index contributed by atoms with van der Waals surface area (Å²) in [5, 5.41) is 0.998. The fourth-order valence-electron chi connectivity index (χ4n) is 7.16. The number of rotatable bonds is 10. The number of hydrogen-bond donors (Lipinski definition) is 1. The summed E-state index contributed by atoms with van der Waals surface area (Å²) in [6.45, 7) is 7.24. The van der Waals surface area contributed by atoms with Crippen LogP contribution in [0.15, 0.2) is 61.8 Å². The number of nitrogens with one attached hydrogen (secondary N) is 1. The fraction of sp³-hybridized carbons (Fsp3) is 0.474. The van der Waals surface area contributed by atoms with E-state index in [1.54, 1.807) is 12.3 Å². The molecule has 2 aromatic rings. The number of ether oxygens (including phenoxy) is 2. The van der Waals surface area contributed by atoms with E-state index in [0.29, 0.717) is 31.6 Å². The van der Waals surface area contributed by atoms with Gasteiger partial charge in [-0.1, -0.05) is 36.9 Å². The van der Waals surface area contributed by atoms with Crippen LogP contribution in [0, 0.1) is 17.3 Å². The van der Waals surface area contributed by atoms with Crippen LogP contribution in [-0.2, 0) is 38.7 Å². The molecule has 3 fully saturated rings. The minimum atomic E-state index is -3.88. The molecule has 0 unspecified atom stereocenters. The molecule has 6 rings (SSSR count). The van der Waals surface area contributed by atoms with Crippen molar-refractivity contribution in [2.75, 3.05) is 26.7 Å². The Labute approximate surface area is 303 Å². The van der Waals surface area contributed by atoms with Gasteiger partial charge >= 0.3 is 5.97 Å². The van der Waals surface area contributed by atoms with Gasteiger partial charge in [0.15, 0.2) is 5.78 Å². The summed E-state index contributed by atoms with van der Waals surface area (Å²) in [4.78, 5) is 75.0. The van der Waals surface area contributed by atoms with Crippen molar-refractivity contribution in [3.63, 3.8) is 0 Å². The van der Waals surface area contributed by atoms with Crippen LogP contribution < -0.4 is 9.46 Å². The van der Waals surface area contributed by atoms with Gasteiger partial charge in [0.1, 0.15) is 6.10 Å². The van der Waals surface area contributed by atoms with Gasteiger partial charge in [-0.15, -0.1) is 6.58 Å². The van der Waals surface area contributed by atoms with E-state index in [1.165, 1.54) is 16.8 Å². The van der Waals surface area contributed by atoms with Crippen LogP contribution in [0.2, 0.25) is 0 Å². The molecule has 4 bridgehead atoms. The molecule has 276 valence electrons. The monoisotopic (exact) mass is 732 g/mol. The zero-order valence-corrected chi connectivity index (χ0v) is 30.0. The number of sulfonamides is 1. The van der Waals surface area contributed by atoms with E-state index in [2.05, 4.69) is 22.9 Å². The summed E-state index contributed by atoms with van der Waals surface area (Å²) in [6.07, 6.45) is 9.22. The number of amides is 3. The first kappa shape index (κ1) is 36.9. The second-order valence-corrected chi connectivity index (χ2v) is 16.1. The van der Waals surface area contributed by atoms with Crippen molar-refractivity contribution in [2.45, 2.75) is 68.8 Å². The minimum absolute atomic E-state index is 0.0439. The van der Waals surface area contributed by atoms with Crippen LogP contribution in [0.4, 0.5) is 0 Å². The predicted molar refractivity (Wildman–Crippen MR) is 192 cm³/mol. The number of aromatic nitrogens is 1. The molecule has 4 aliphatic rings. The second kappa shape index (κ2) is 15.0. The number of carbonyl (C=O) groups excluding carboxylic acids is 5. The highest BCUT2D eigenvalue weighted by Crippen LogP contribution is 2.57. The number of hydrogen-bond acceptors (Lipinski definition) is 10. The Morgan fingerprint density at radius 3 is 2.67 bits per heavy atom. The number of Topliss-reactive ketones (excluding diaryl/α,β-unsaturated/α-hetero) is 1. The predicted octanol–water partition coefficient (Wildman–Crippen LogP) is 3.34. The summed E-state index contributed by atoms with van der Waals surface area (Å²) in [5.41, 5.74) is -0.420. The lowest BCUT2D eigenvalue weighted by molar-refractivity contribution is -0.151. The Hall–Kier alpha value is -4.85. The first-order chi connectivity index (χ1) is 24.8. The number of benzene rings is 1. The van der Waals surface area contributed by atoms with Gasteiger partial charge < -0.3 is 19.3 Å². The van der Waals surface area contributed by atoms with E-state index in [-0.39, 0.29) is 45.4 Å². The largest absolute Gasteiger partial charge is 0.472 e. The SMILES string of the molecule is C=CC(=O)N(C)C[C@@H]1CC(=O)OCCC/C=C/c2ccc3ccnc(c3c2)O[C@@H]2C[C@@H](C(=O)C[C@]3(C(=O)NS(=O)(=O)C4CC4)C[C@H]3C=C)N(C2)C1=O. The first-order valence-corrected chi connectivity index (χ1v) is 19.2. The Morgan fingerprint density at radius 1 is 1.17 bits per heavy atom. The number of esters is 1. The van der Waals surface area contributed by atoms with Crippen LogP contribution in [0.1, 0.15) is 56.9 Å². The second-order valence-electron chi connectivity index (χ2n) is 14.2. The summed E-state index contributed by atoms with van der Waals surface area (Å²) >= 11 is 0. The Kier molecular flexibility index (Phi) is 10.7. The maximum Gasteiger partial charge on any atom is 0.306 e. The molecule has 1 saturated heterocycles. The number of likely N-dealkylation sites (N-methyl/N-ethyl adjacent to an activating group) is 1. The number of pyridine rings is 1. The first-order valence-electron chi connectivity index (χ1n) is 17.6. The zero-order valence-electron chi connectivity index (χ0n) is 29.2. The number of allylic oxidation sites excluding steroid dienone is 2. The quantitative estimate of drug-likeness (QED) is 0.217. The van der Waals surface area contributed by atoms with E-state index in [1.807, 2.05) is 36.4 Å². The van der Waals surface area contributed by atoms with Crippen molar-refractivity contribution in [1.82, 2.24) is 19.5 Å². The molecule has 3 amide bonds. The maximum absolute atomic E-state index is 14.5. The molecule has 1 aromatic heterocycles. The Balaban J connectivity index is 1.34. The van der Waals surface area contributed by atoms with Gasteiger partial charge in [0.25, 0.3) is 0 Å². The average Bonchev–Trinajstić information content (AvgIpc) is 4.05. The van der Waals surface area contributed by atoms with Crippen molar-refractivity contribution in [3.05, 3.63) is 67.4 Å². The van der Waals surface area contributed by atoms with E-state index in [0.717, 1.165) is 22.4 Å². The summed E-state index contributed by atoms with van der Waals surface area (Å²) in [5.74, 6) is -4.04. The third-order valence-electron chi connectivity index (χ3n) is 10.4. The van der Waals surface area contributed by atoms with E-state index >= 15 is 0 Å². The molecular weight excluding hydrogens is 689 g/mol. The van der Waals surface area contributed by atoms with Crippen molar-refractivity contribution < 1.29 is 41.9 Å². The molecule has 2 aliphatic carbocycles. The average molecular weight is 733 g/mol. The highest BCUT2D eigenvalue weighted by Gasteiger charge is 2.61. The van der Waals surface area contributed by atoms with Gasteiger partial charge in [-0.3, -0.25) is 28.7 Å². The molecule has 1 aromatic carbocycles. The van der Waals surface area contributed by atoms with Crippen molar-refractivity contribution in [3.8, 4) is 5.88 Å². The van der Waals surface area contributed by atoms with Gasteiger partial charge in [0, 0.05) is 38.0 Å². The standard InChI is InChI=1S/C38H44N4O9S/c1-4-27-20-38(27,37(47)40-52(48,49)29-12-13-29)21-32(43)31-19-28-23-42(31)36(46)26(22-41(3)33(44)5-2)18-34(45)50-16-8-6-7-9-24-10-11-25-14-15-39-35(51-28)30(25)17-24/h4-5,7,9-11,14-15,17,26-29,31H,1-2,6,8,12-13,16,18-23H2,3H3,(H,40,47)/b9-7+/t26-,27+,28+,31-,38+/m0/s1. The maximum atomic E-state index is 14.5. The molecule has 0 spiro atoms. The topological polar surface area (TPSA) is 169 Å². The summed E-state index contributed by atoms with van der Waals surface area (Å²) < 4.78 is 39.5. The summed E-state index contributed by atoms with van der Waals surface area (Å²) in [7, 11) is -2.39. The molecule has 2 saturated carbocycles. The lowest BCUT2D eigenvalue weighted by atomic mass is 9.91. The van der Waals surface area contributed by atoms with E-state index in [4.69, 9.17) is 9.47 Å². The molecule has 13 nitrogen and oxygen atoms in total. The summed E-state index contributed by atoms with van der Waals surface area (Å²) in [6, 6.07) is 6.64. The smallest absolute Gasteiger partial charge is 0.306 e. The van der Waals surface area contributed by atoms with Crippen LogP contribution in [-0.4, -0.2) is 96.8 Å². The Morgan fingerprint density at radius 2 is 1.96 bits per heavy atom. The Bertz CT molecular complexity index is 1940. The van der Waals surface area contributed by atoms with E-state index in [9.17, 15) is 32.4 Å². The van der Waals surface area contributed by atoms with Crippen molar-refractivity contribution in [2.24, 2.45) is 17.3 Å².